The number of hydrogen-bond acceptors (Lipinski definition) is 3. The topological polar surface area (TPSA) is 24.5 Å². The highest BCUT2D eigenvalue weighted by Gasteiger charge is 2.19. The molecule has 98 valence electrons. The molecule has 1 saturated heterocycles. The summed E-state index contributed by atoms with van der Waals surface area (Å²) in [6.45, 7) is 6.34. The fraction of sp³-hybridized carbons (Fsp3) is 0.600. The zero-order chi connectivity index (χ0) is 12.4. The van der Waals surface area contributed by atoms with Crippen LogP contribution in [0.5, 0.6) is 5.75 Å². The van der Waals surface area contributed by atoms with Gasteiger partial charge in [-0.25, -0.2) is 0 Å². The van der Waals surface area contributed by atoms with Crippen molar-refractivity contribution >= 4 is 5.69 Å². The summed E-state index contributed by atoms with van der Waals surface area (Å²) < 4.78 is 5.61. The van der Waals surface area contributed by atoms with Gasteiger partial charge in [0.25, 0.3) is 0 Å². The Kier molecular flexibility index (Phi) is 3.41. The van der Waals surface area contributed by atoms with E-state index in [1.165, 1.54) is 31.4 Å². The van der Waals surface area contributed by atoms with Gasteiger partial charge in [-0.3, -0.25) is 4.90 Å². The van der Waals surface area contributed by atoms with E-state index >= 15 is 0 Å². The molecule has 0 bridgehead atoms. The van der Waals surface area contributed by atoms with Crippen molar-refractivity contribution in [1.29, 1.82) is 0 Å². The van der Waals surface area contributed by atoms with Crippen LogP contribution >= 0.6 is 0 Å². The third kappa shape index (κ3) is 2.46. The predicted molar refractivity (Wildman–Crippen MR) is 74.1 cm³/mol. The number of fused-ring (bicyclic) bond motifs is 1. The van der Waals surface area contributed by atoms with Crippen LogP contribution in [0.25, 0.3) is 0 Å². The second-order valence-corrected chi connectivity index (χ2v) is 5.42. The third-order valence-corrected chi connectivity index (χ3v) is 4.05. The lowest BCUT2D eigenvalue weighted by Crippen LogP contribution is -2.36. The van der Waals surface area contributed by atoms with E-state index in [1.54, 1.807) is 0 Å². The Hall–Kier alpha value is -1.22. The molecule has 2 aliphatic heterocycles. The maximum absolute atomic E-state index is 5.61. The maximum Gasteiger partial charge on any atom is 0.142 e. The summed E-state index contributed by atoms with van der Waals surface area (Å²) in [6, 6.07) is 7.27. The van der Waals surface area contributed by atoms with Crippen LogP contribution in [0.15, 0.2) is 18.2 Å². The van der Waals surface area contributed by atoms with E-state index in [0.29, 0.717) is 0 Å². The quantitative estimate of drug-likeness (QED) is 0.868. The molecule has 3 nitrogen and oxygen atoms in total. The molecule has 18 heavy (non-hydrogen) atoms. The minimum Gasteiger partial charge on any atom is -0.490 e. The number of benzene rings is 1. The minimum atomic E-state index is 0.721. The molecule has 0 amide bonds. The van der Waals surface area contributed by atoms with E-state index in [-0.39, 0.29) is 0 Å². The molecule has 1 aromatic rings. The summed E-state index contributed by atoms with van der Waals surface area (Å²) in [7, 11) is 0. The normalized spacial score (nSPS) is 23.9. The fourth-order valence-electron chi connectivity index (χ4n) is 2.91. The first-order valence-electron chi connectivity index (χ1n) is 7.06. The van der Waals surface area contributed by atoms with E-state index in [4.69, 9.17) is 4.74 Å². The Morgan fingerprint density at radius 2 is 2.33 bits per heavy atom. The molecule has 1 fully saturated rings. The van der Waals surface area contributed by atoms with Gasteiger partial charge in [-0.1, -0.05) is 12.5 Å². The van der Waals surface area contributed by atoms with Gasteiger partial charge in [0.15, 0.2) is 0 Å². The molecule has 2 heterocycles. The van der Waals surface area contributed by atoms with Gasteiger partial charge in [-0.15, -0.1) is 0 Å². The van der Waals surface area contributed by atoms with Crippen molar-refractivity contribution in [1.82, 2.24) is 4.90 Å². The van der Waals surface area contributed by atoms with Crippen LogP contribution in [0.4, 0.5) is 5.69 Å². The van der Waals surface area contributed by atoms with Gasteiger partial charge in [0.2, 0.25) is 0 Å². The molecule has 1 atom stereocenters. The maximum atomic E-state index is 5.61. The highest BCUT2D eigenvalue weighted by atomic mass is 16.5. The summed E-state index contributed by atoms with van der Waals surface area (Å²) in [5.74, 6) is 0.997. The molecular formula is C15H22N2O. The number of ether oxygens (including phenoxy) is 1. The average Bonchev–Trinajstić information content (AvgIpc) is 2.41. The van der Waals surface area contributed by atoms with Gasteiger partial charge in [0.1, 0.15) is 12.4 Å². The van der Waals surface area contributed by atoms with Crippen LogP contribution in [0.2, 0.25) is 0 Å². The van der Waals surface area contributed by atoms with Crippen molar-refractivity contribution in [2.24, 2.45) is 0 Å². The first-order chi connectivity index (χ1) is 8.83. The first kappa shape index (κ1) is 11.8. The molecule has 1 aromatic carbocycles. The van der Waals surface area contributed by atoms with Gasteiger partial charge >= 0.3 is 0 Å². The Bertz CT molecular complexity index is 419. The second-order valence-electron chi connectivity index (χ2n) is 5.42. The van der Waals surface area contributed by atoms with Crippen molar-refractivity contribution in [2.45, 2.75) is 38.8 Å². The minimum absolute atomic E-state index is 0.721. The highest BCUT2D eigenvalue weighted by Crippen LogP contribution is 2.29. The van der Waals surface area contributed by atoms with Crippen LogP contribution in [-0.2, 0) is 6.54 Å². The molecule has 0 spiro atoms. The molecule has 1 unspecified atom stereocenters. The number of piperidine rings is 1. The summed E-state index contributed by atoms with van der Waals surface area (Å²) in [5.41, 5.74) is 2.55. The zero-order valence-electron chi connectivity index (χ0n) is 11.1. The molecule has 3 heteroatoms. The van der Waals surface area contributed by atoms with Gasteiger partial charge in [-0.2, -0.15) is 0 Å². The molecule has 0 aliphatic carbocycles. The first-order valence-corrected chi connectivity index (χ1v) is 7.06. The van der Waals surface area contributed by atoms with Gasteiger partial charge in [0, 0.05) is 19.1 Å². The molecule has 0 aromatic heterocycles. The lowest BCUT2D eigenvalue weighted by Gasteiger charge is -2.33. The van der Waals surface area contributed by atoms with E-state index < -0.39 is 0 Å². The van der Waals surface area contributed by atoms with Crippen LogP contribution in [0, 0.1) is 0 Å². The Labute approximate surface area is 109 Å². The summed E-state index contributed by atoms with van der Waals surface area (Å²) in [6.07, 6.45) is 4.07. The molecular weight excluding hydrogens is 224 g/mol. The standard InChI is InChI=1S/C15H22N2O/c1-12-4-2-3-8-17(12)11-13-5-6-15-14(10-13)16-7-9-18-15/h5-6,10,12,16H,2-4,7-9,11H2,1H3. The molecule has 0 radical (unpaired) electrons. The molecule has 0 saturated carbocycles. The van der Waals surface area contributed by atoms with Crippen molar-refractivity contribution in [3.8, 4) is 5.75 Å². The Morgan fingerprint density at radius 3 is 3.22 bits per heavy atom. The van der Waals surface area contributed by atoms with Crippen molar-refractivity contribution in [3.63, 3.8) is 0 Å². The largest absolute Gasteiger partial charge is 0.490 e. The van der Waals surface area contributed by atoms with E-state index in [9.17, 15) is 0 Å². The molecule has 1 N–H and O–H groups in total. The summed E-state index contributed by atoms with van der Waals surface area (Å²) >= 11 is 0. The van der Waals surface area contributed by atoms with Gasteiger partial charge in [-0.05, 0) is 44.0 Å². The number of nitrogens with one attached hydrogen (secondary N) is 1. The lowest BCUT2D eigenvalue weighted by atomic mass is 10.0. The highest BCUT2D eigenvalue weighted by molar-refractivity contribution is 5.59. The van der Waals surface area contributed by atoms with E-state index in [0.717, 1.165) is 37.2 Å². The van der Waals surface area contributed by atoms with Crippen molar-refractivity contribution in [2.75, 3.05) is 25.0 Å². The van der Waals surface area contributed by atoms with E-state index in [1.807, 2.05) is 0 Å². The van der Waals surface area contributed by atoms with E-state index in [2.05, 4.69) is 35.3 Å². The van der Waals surface area contributed by atoms with Crippen LogP contribution < -0.4 is 10.1 Å². The SMILES string of the molecule is CC1CCCCN1Cc1ccc2c(c1)NCCO2. The number of rotatable bonds is 2. The van der Waals surface area contributed by atoms with Crippen LogP contribution in [-0.4, -0.2) is 30.6 Å². The van der Waals surface area contributed by atoms with Crippen molar-refractivity contribution < 1.29 is 4.74 Å². The fourth-order valence-corrected chi connectivity index (χ4v) is 2.91. The number of anilines is 1. The summed E-state index contributed by atoms with van der Waals surface area (Å²) in [4.78, 5) is 2.59. The number of likely N-dealkylation sites (tertiary alicyclic amines) is 1. The van der Waals surface area contributed by atoms with Crippen LogP contribution in [0.3, 0.4) is 0 Å². The van der Waals surface area contributed by atoms with Gasteiger partial charge < -0.3 is 10.1 Å². The zero-order valence-corrected chi connectivity index (χ0v) is 11.1. The molecule has 3 rings (SSSR count). The Morgan fingerprint density at radius 1 is 1.39 bits per heavy atom. The monoisotopic (exact) mass is 246 g/mol. The number of hydrogen-bond donors (Lipinski definition) is 1. The molecule has 2 aliphatic rings. The number of nitrogens with zero attached hydrogens (tertiary/aromatic N) is 1. The van der Waals surface area contributed by atoms with Crippen molar-refractivity contribution in [3.05, 3.63) is 23.8 Å². The average molecular weight is 246 g/mol. The lowest BCUT2D eigenvalue weighted by molar-refractivity contribution is 0.152. The van der Waals surface area contributed by atoms with Gasteiger partial charge in [0.05, 0.1) is 5.69 Å². The smallest absolute Gasteiger partial charge is 0.142 e. The Balaban J connectivity index is 1.72. The second kappa shape index (κ2) is 5.19. The predicted octanol–water partition coefficient (Wildman–Crippen LogP) is 2.87. The van der Waals surface area contributed by atoms with Crippen LogP contribution in [0.1, 0.15) is 31.7 Å². The third-order valence-electron chi connectivity index (χ3n) is 4.05. The summed E-state index contributed by atoms with van der Waals surface area (Å²) in [5, 5.41) is 3.41.